The second kappa shape index (κ2) is 9.55. The summed E-state index contributed by atoms with van der Waals surface area (Å²) in [5.41, 5.74) is 0. The molecule has 2 rings (SSSR count). The van der Waals surface area contributed by atoms with E-state index >= 15 is 0 Å². The molecule has 0 radical (unpaired) electrons. The van der Waals surface area contributed by atoms with Crippen molar-refractivity contribution in [2.45, 2.75) is 32.4 Å². The van der Waals surface area contributed by atoms with Gasteiger partial charge in [0.1, 0.15) is 0 Å². The molecule has 0 bridgehead atoms. The van der Waals surface area contributed by atoms with Crippen molar-refractivity contribution in [3.8, 4) is 0 Å². The monoisotopic (exact) mass is 342 g/mol. The van der Waals surface area contributed by atoms with Gasteiger partial charge in [-0.05, 0) is 24.1 Å². The molecule has 1 aliphatic heterocycles. The second-order valence-electron chi connectivity index (χ2n) is 5.46. The predicted octanol–water partition coefficient (Wildman–Crippen LogP) is 2.77. The Kier molecular flexibility index (Phi) is 7.72. The van der Waals surface area contributed by atoms with Crippen molar-refractivity contribution >= 4 is 29.0 Å². The standard InChI is InChI=1S/C16H26N2O2S2/c1-3-21-10-6-16(19)17-11-14(15-5-4-9-22-15)18-7-8-20-13(2)12-18/h4-5,9,13-14H,3,6-8,10-12H2,1-2H3,(H,17,19)/t13-,14+/m1/s1. The van der Waals surface area contributed by atoms with Crippen molar-refractivity contribution in [1.29, 1.82) is 0 Å². The summed E-state index contributed by atoms with van der Waals surface area (Å²) in [7, 11) is 0. The average Bonchev–Trinajstić information content (AvgIpc) is 3.02. The van der Waals surface area contributed by atoms with Gasteiger partial charge in [-0.15, -0.1) is 11.3 Å². The molecule has 1 aliphatic rings. The number of amides is 1. The number of rotatable bonds is 8. The van der Waals surface area contributed by atoms with Gasteiger partial charge in [0, 0.05) is 36.7 Å². The Hall–Kier alpha value is -0.560. The number of nitrogens with zero attached hydrogens (tertiary/aromatic N) is 1. The number of morpholine rings is 1. The number of hydrogen-bond acceptors (Lipinski definition) is 5. The molecule has 1 saturated heterocycles. The lowest BCUT2D eigenvalue weighted by molar-refractivity contribution is -0.121. The molecule has 22 heavy (non-hydrogen) atoms. The van der Waals surface area contributed by atoms with E-state index in [4.69, 9.17) is 4.74 Å². The second-order valence-corrected chi connectivity index (χ2v) is 7.83. The first-order valence-corrected chi connectivity index (χ1v) is 9.97. The zero-order valence-corrected chi connectivity index (χ0v) is 15.0. The van der Waals surface area contributed by atoms with E-state index in [1.54, 1.807) is 11.3 Å². The molecule has 1 aromatic rings. The van der Waals surface area contributed by atoms with Crippen molar-refractivity contribution in [3.05, 3.63) is 22.4 Å². The number of thioether (sulfide) groups is 1. The van der Waals surface area contributed by atoms with Gasteiger partial charge in [0.25, 0.3) is 0 Å². The first-order valence-electron chi connectivity index (χ1n) is 7.94. The summed E-state index contributed by atoms with van der Waals surface area (Å²) in [6.07, 6.45) is 0.864. The largest absolute Gasteiger partial charge is 0.376 e. The van der Waals surface area contributed by atoms with Gasteiger partial charge >= 0.3 is 0 Å². The van der Waals surface area contributed by atoms with Crippen LogP contribution in [0, 0.1) is 0 Å². The SMILES string of the molecule is CCSCCC(=O)NC[C@@H](c1cccs1)N1CCO[C@H](C)C1. The number of thiophene rings is 1. The zero-order chi connectivity index (χ0) is 15.8. The van der Waals surface area contributed by atoms with Crippen LogP contribution in [-0.4, -0.2) is 54.7 Å². The van der Waals surface area contributed by atoms with Gasteiger partial charge in [-0.3, -0.25) is 9.69 Å². The molecule has 6 heteroatoms. The fourth-order valence-electron chi connectivity index (χ4n) is 2.63. The van der Waals surface area contributed by atoms with Crippen LogP contribution in [0.2, 0.25) is 0 Å². The van der Waals surface area contributed by atoms with Crippen LogP contribution in [-0.2, 0) is 9.53 Å². The maximum absolute atomic E-state index is 12.0. The quantitative estimate of drug-likeness (QED) is 0.738. The highest BCUT2D eigenvalue weighted by Crippen LogP contribution is 2.26. The minimum absolute atomic E-state index is 0.156. The third-order valence-corrected chi connectivity index (χ3v) is 5.63. The van der Waals surface area contributed by atoms with Crippen LogP contribution < -0.4 is 5.32 Å². The van der Waals surface area contributed by atoms with Crippen molar-refractivity contribution in [3.63, 3.8) is 0 Å². The summed E-state index contributed by atoms with van der Waals surface area (Å²) >= 11 is 3.57. The van der Waals surface area contributed by atoms with Crippen LogP contribution in [0.15, 0.2) is 17.5 Å². The molecular weight excluding hydrogens is 316 g/mol. The Morgan fingerprint density at radius 2 is 2.50 bits per heavy atom. The zero-order valence-electron chi connectivity index (χ0n) is 13.4. The van der Waals surface area contributed by atoms with Crippen LogP contribution in [0.25, 0.3) is 0 Å². The fraction of sp³-hybridized carbons (Fsp3) is 0.688. The molecule has 124 valence electrons. The van der Waals surface area contributed by atoms with Gasteiger partial charge in [0.05, 0.1) is 18.8 Å². The molecule has 2 atom stereocenters. The minimum Gasteiger partial charge on any atom is -0.376 e. The van der Waals surface area contributed by atoms with E-state index in [9.17, 15) is 4.79 Å². The number of nitrogens with one attached hydrogen (secondary N) is 1. The molecule has 0 unspecified atom stereocenters. The van der Waals surface area contributed by atoms with Gasteiger partial charge in [-0.2, -0.15) is 11.8 Å². The maximum Gasteiger partial charge on any atom is 0.220 e. The van der Waals surface area contributed by atoms with Crippen LogP contribution in [0.5, 0.6) is 0 Å². The molecule has 1 N–H and O–H groups in total. The number of hydrogen-bond donors (Lipinski definition) is 1. The highest BCUT2D eigenvalue weighted by atomic mass is 32.2. The van der Waals surface area contributed by atoms with E-state index in [-0.39, 0.29) is 18.1 Å². The topological polar surface area (TPSA) is 41.6 Å². The first-order chi connectivity index (χ1) is 10.7. The third-order valence-electron chi connectivity index (χ3n) is 3.76. The van der Waals surface area contributed by atoms with Crippen LogP contribution in [0.3, 0.4) is 0 Å². The summed E-state index contributed by atoms with van der Waals surface area (Å²) in [6, 6.07) is 4.50. The number of carbonyl (C=O) groups is 1. The molecule has 1 aromatic heterocycles. The van der Waals surface area contributed by atoms with Crippen LogP contribution in [0.4, 0.5) is 0 Å². The molecule has 0 saturated carbocycles. The molecule has 4 nitrogen and oxygen atoms in total. The highest BCUT2D eigenvalue weighted by Gasteiger charge is 2.26. The van der Waals surface area contributed by atoms with E-state index in [0.29, 0.717) is 13.0 Å². The lowest BCUT2D eigenvalue weighted by Crippen LogP contribution is -2.46. The van der Waals surface area contributed by atoms with E-state index in [1.165, 1.54) is 4.88 Å². The van der Waals surface area contributed by atoms with Crippen molar-refractivity contribution in [2.24, 2.45) is 0 Å². The van der Waals surface area contributed by atoms with Gasteiger partial charge in [-0.1, -0.05) is 13.0 Å². The Morgan fingerprint density at radius 1 is 1.64 bits per heavy atom. The Morgan fingerprint density at radius 3 is 3.18 bits per heavy atom. The predicted molar refractivity (Wildman–Crippen MR) is 94.7 cm³/mol. The van der Waals surface area contributed by atoms with Gasteiger partial charge in [0.15, 0.2) is 0 Å². The molecule has 2 heterocycles. The normalized spacial score (nSPS) is 20.7. The van der Waals surface area contributed by atoms with Gasteiger partial charge in [-0.25, -0.2) is 0 Å². The maximum atomic E-state index is 12.0. The lowest BCUT2D eigenvalue weighted by Gasteiger charge is -2.37. The van der Waals surface area contributed by atoms with Crippen LogP contribution in [0.1, 0.15) is 31.2 Å². The Bertz CT molecular complexity index is 439. The average molecular weight is 343 g/mol. The summed E-state index contributed by atoms with van der Waals surface area (Å²) in [5, 5.41) is 5.22. The van der Waals surface area contributed by atoms with Gasteiger partial charge < -0.3 is 10.1 Å². The van der Waals surface area contributed by atoms with E-state index in [2.05, 4.69) is 41.6 Å². The van der Waals surface area contributed by atoms with Crippen molar-refractivity contribution in [1.82, 2.24) is 10.2 Å². The fourth-order valence-corrected chi connectivity index (χ4v) is 4.11. The molecule has 0 aromatic carbocycles. The van der Waals surface area contributed by atoms with Crippen molar-refractivity contribution in [2.75, 3.05) is 37.7 Å². The minimum atomic E-state index is 0.156. The van der Waals surface area contributed by atoms with E-state index < -0.39 is 0 Å². The molecular formula is C16H26N2O2S2. The van der Waals surface area contributed by atoms with Gasteiger partial charge in [0.2, 0.25) is 5.91 Å². The first kappa shape index (κ1) is 17.8. The van der Waals surface area contributed by atoms with E-state index in [1.807, 2.05) is 11.8 Å². The Labute approximate surface area is 141 Å². The summed E-state index contributed by atoms with van der Waals surface area (Å²) < 4.78 is 5.64. The van der Waals surface area contributed by atoms with Crippen LogP contribution >= 0.6 is 23.1 Å². The molecule has 0 aliphatic carbocycles. The molecule has 1 fully saturated rings. The molecule has 0 spiro atoms. The highest BCUT2D eigenvalue weighted by molar-refractivity contribution is 7.99. The number of carbonyl (C=O) groups excluding carboxylic acids is 1. The lowest BCUT2D eigenvalue weighted by atomic mass is 10.1. The van der Waals surface area contributed by atoms with Crippen molar-refractivity contribution < 1.29 is 9.53 Å². The Balaban J connectivity index is 1.89. The molecule has 1 amide bonds. The third kappa shape index (κ3) is 5.57. The summed E-state index contributed by atoms with van der Waals surface area (Å²) in [4.78, 5) is 15.7. The smallest absolute Gasteiger partial charge is 0.220 e. The van der Waals surface area contributed by atoms with E-state index in [0.717, 1.165) is 31.2 Å². The number of ether oxygens (including phenoxy) is 1. The summed E-state index contributed by atoms with van der Waals surface area (Å²) in [5.74, 6) is 2.13. The summed E-state index contributed by atoms with van der Waals surface area (Å²) in [6.45, 7) is 7.53.